The van der Waals surface area contributed by atoms with E-state index in [1.54, 1.807) is 41.7 Å². The number of likely N-dealkylation sites (tertiary alicyclic amines) is 1. The number of imide groups is 1. The normalized spacial score (nSPS) is 27.8. The summed E-state index contributed by atoms with van der Waals surface area (Å²) in [5.74, 6) is -3.86. The van der Waals surface area contributed by atoms with E-state index < -0.39 is 47.0 Å². The zero-order chi connectivity index (χ0) is 23.7. The maximum Gasteiger partial charge on any atom is 0.291 e. The highest BCUT2D eigenvalue weighted by Crippen LogP contribution is 2.51. The van der Waals surface area contributed by atoms with Crippen LogP contribution in [0.4, 0.5) is 5.69 Å². The highest BCUT2D eigenvalue weighted by molar-refractivity contribution is 6.35. The van der Waals surface area contributed by atoms with Crippen LogP contribution in [0.5, 0.6) is 0 Å². The largest absolute Gasteiger partial charge is 0.369 e. The van der Waals surface area contributed by atoms with Crippen LogP contribution in [0, 0.1) is 18.8 Å². The van der Waals surface area contributed by atoms with Crippen LogP contribution in [0.2, 0.25) is 10.0 Å². The lowest BCUT2D eigenvalue weighted by Crippen LogP contribution is -2.99. The second-order valence-corrected chi connectivity index (χ2v) is 9.67. The molecule has 3 heterocycles. The molecule has 1 spiro atoms. The first kappa shape index (κ1) is 21.9. The third kappa shape index (κ3) is 3.08. The number of primary amides is 1. The molecule has 4 atom stereocenters. The number of aryl methyl sites for hydroxylation is 1. The van der Waals surface area contributed by atoms with E-state index in [0.29, 0.717) is 26.9 Å². The molecule has 5 rings (SSSR count). The molecule has 0 aliphatic carbocycles. The van der Waals surface area contributed by atoms with Crippen molar-refractivity contribution in [2.24, 2.45) is 17.6 Å². The van der Waals surface area contributed by atoms with Gasteiger partial charge in [0.15, 0.2) is 0 Å². The average molecular weight is 488 g/mol. The Bertz CT molecular complexity index is 1250. The number of benzene rings is 2. The van der Waals surface area contributed by atoms with Crippen molar-refractivity contribution in [3.63, 3.8) is 0 Å². The third-order valence-electron chi connectivity index (χ3n) is 6.89. The number of hydrogen-bond acceptors (Lipinski definition) is 4. The summed E-state index contributed by atoms with van der Waals surface area (Å²) in [6.07, 6.45) is -0.149. The predicted octanol–water partition coefficient (Wildman–Crippen LogP) is 1.07. The van der Waals surface area contributed by atoms with E-state index in [1.165, 1.54) is 0 Å². The Kier molecular flexibility index (Phi) is 5.00. The SMILES string of the molecule is Cc1cc(Cl)c2c(c1)[C@]1([NH2+][C@H](CC(N)=O)[C@H]3C(=O)N(Cc4ccccc4Cl)C(=O)[C@H]31)C(=O)N2. The first-order valence-corrected chi connectivity index (χ1v) is 11.3. The Labute approximate surface area is 199 Å². The van der Waals surface area contributed by atoms with Crippen molar-refractivity contribution in [2.45, 2.75) is 31.5 Å². The van der Waals surface area contributed by atoms with E-state index >= 15 is 0 Å². The van der Waals surface area contributed by atoms with Gasteiger partial charge in [0.1, 0.15) is 17.9 Å². The van der Waals surface area contributed by atoms with E-state index in [2.05, 4.69) is 5.32 Å². The molecule has 33 heavy (non-hydrogen) atoms. The fraction of sp³-hybridized carbons (Fsp3) is 0.304. The lowest BCUT2D eigenvalue weighted by Gasteiger charge is -2.26. The maximum absolute atomic E-state index is 13.7. The number of nitrogens with one attached hydrogen (secondary N) is 1. The van der Waals surface area contributed by atoms with E-state index in [4.69, 9.17) is 28.9 Å². The van der Waals surface area contributed by atoms with Gasteiger partial charge in [-0.25, -0.2) is 0 Å². The topological polar surface area (TPSA) is 126 Å². The Balaban J connectivity index is 1.64. The lowest BCUT2D eigenvalue weighted by molar-refractivity contribution is -0.732. The van der Waals surface area contributed by atoms with Crippen LogP contribution in [0.15, 0.2) is 36.4 Å². The number of quaternary nitrogens is 1. The highest BCUT2D eigenvalue weighted by Gasteiger charge is 2.74. The van der Waals surface area contributed by atoms with Crippen LogP contribution in [-0.4, -0.2) is 34.6 Å². The summed E-state index contributed by atoms with van der Waals surface area (Å²) >= 11 is 12.7. The van der Waals surface area contributed by atoms with Crippen molar-refractivity contribution in [3.05, 3.63) is 63.1 Å². The van der Waals surface area contributed by atoms with Crippen molar-refractivity contribution in [1.29, 1.82) is 0 Å². The van der Waals surface area contributed by atoms with Crippen LogP contribution in [-0.2, 0) is 31.3 Å². The van der Waals surface area contributed by atoms with E-state index in [9.17, 15) is 19.2 Å². The second kappa shape index (κ2) is 7.55. The molecule has 5 N–H and O–H groups in total. The molecule has 10 heteroatoms. The minimum absolute atomic E-state index is 0.0211. The molecule has 2 aromatic carbocycles. The van der Waals surface area contributed by atoms with Gasteiger partial charge in [-0.15, -0.1) is 0 Å². The number of halogens is 2. The van der Waals surface area contributed by atoms with Gasteiger partial charge in [0, 0.05) is 10.6 Å². The summed E-state index contributed by atoms with van der Waals surface area (Å²) in [6, 6.07) is 9.79. The van der Waals surface area contributed by atoms with Crippen molar-refractivity contribution in [1.82, 2.24) is 4.90 Å². The number of rotatable bonds is 4. The standard InChI is InChI=1S/C23H20Cl2N4O4/c1-10-6-12-19(14(25)7-10)27-22(33)23(12)18-17(15(28-23)8-16(26)30)20(31)29(21(18)32)9-11-4-2-3-5-13(11)24/h2-7,15,17-18,28H,8-9H2,1H3,(H2,26,30)(H,27,33)/p+1/t15-,17-,18+,23-/m1/s1. The van der Waals surface area contributed by atoms with E-state index in [-0.39, 0.29) is 13.0 Å². The molecule has 3 aliphatic heterocycles. The first-order valence-electron chi connectivity index (χ1n) is 10.5. The molecule has 4 amide bonds. The van der Waals surface area contributed by atoms with Crippen LogP contribution in [0.25, 0.3) is 0 Å². The molecule has 0 unspecified atom stereocenters. The molecule has 0 aromatic heterocycles. The molecular formula is C23H21Cl2N4O4+. The van der Waals surface area contributed by atoms with Crippen LogP contribution >= 0.6 is 23.2 Å². The van der Waals surface area contributed by atoms with Gasteiger partial charge in [-0.2, -0.15) is 0 Å². The number of carbonyl (C=O) groups is 4. The number of nitrogens with zero attached hydrogens (tertiary/aromatic N) is 1. The third-order valence-corrected chi connectivity index (χ3v) is 7.56. The number of carbonyl (C=O) groups excluding carboxylic acids is 4. The number of nitrogens with two attached hydrogens (primary N) is 2. The van der Waals surface area contributed by atoms with E-state index in [0.717, 1.165) is 10.5 Å². The Morgan fingerprint density at radius 3 is 2.58 bits per heavy atom. The van der Waals surface area contributed by atoms with Gasteiger partial charge in [0.2, 0.25) is 23.3 Å². The minimum atomic E-state index is -1.42. The van der Waals surface area contributed by atoms with Gasteiger partial charge < -0.3 is 16.4 Å². The Hall–Kier alpha value is -2.94. The molecule has 2 saturated heterocycles. The number of hydrogen-bond donors (Lipinski definition) is 3. The van der Waals surface area contributed by atoms with Gasteiger partial charge in [-0.3, -0.25) is 24.1 Å². The minimum Gasteiger partial charge on any atom is -0.369 e. The van der Waals surface area contributed by atoms with Crippen molar-refractivity contribution >= 4 is 52.5 Å². The maximum atomic E-state index is 13.7. The van der Waals surface area contributed by atoms with Gasteiger partial charge in [-0.05, 0) is 36.2 Å². The summed E-state index contributed by atoms with van der Waals surface area (Å²) < 4.78 is 0. The zero-order valence-corrected chi connectivity index (χ0v) is 19.1. The van der Waals surface area contributed by atoms with Gasteiger partial charge in [0.05, 0.1) is 23.7 Å². The smallest absolute Gasteiger partial charge is 0.291 e. The van der Waals surface area contributed by atoms with E-state index in [1.807, 2.05) is 6.92 Å². The molecule has 0 saturated carbocycles. The Morgan fingerprint density at radius 1 is 1.15 bits per heavy atom. The molecule has 2 aromatic rings. The molecule has 0 radical (unpaired) electrons. The van der Waals surface area contributed by atoms with Crippen LogP contribution < -0.4 is 16.4 Å². The summed E-state index contributed by atoms with van der Waals surface area (Å²) in [5.41, 5.74) is 6.44. The summed E-state index contributed by atoms with van der Waals surface area (Å²) in [7, 11) is 0. The highest BCUT2D eigenvalue weighted by atomic mass is 35.5. The lowest BCUT2D eigenvalue weighted by atomic mass is 9.76. The van der Waals surface area contributed by atoms with Crippen molar-refractivity contribution in [2.75, 3.05) is 5.32 Å². The van der Waals surface area contributed by atoms with Crippen LogP contribution in [0.1, 0.15) is 23.1 Å². The molecule has 0 bridgehead atoms. The van der Waals surface area contributed by atoms with Gasteiger partial charge in [-0.1, -0.05) is 41.4 Å². The average Bonchev–Trinajstić information content (AvgIpc) is 3.30. The molecule has 3 aliphatic rings. The van der Waals surface area contributed by atoms with Crippen molar-refractivity contribution in [3.8, 4) is 0 Å². The number of fused-ring (bicyclic) bond motifs is 4. The molecular weight excluding hydrogens is 467 g/mol. The second-order valence-electron chi connectivity index (χ2n) is 8.85. The summed E-state index contributed by atoms with van der Waals surface area (Å²) in [4.78, 5) is 53.7. The predicted molar refractivity (Wildman–Crippen MR) is 120 cm³/mol. The monoisotopic (exact) mass is 487 g/mol. The molecule has 170 valence electrons. The first-order chi connectivity index (χ1) is 15.6. The zero-order valence-electron chi connectivity index (χ0n) is 17.6. The van der Waals surface area contributed by atoms with Gasteiger partial charge in [0.25, 0.3) is 5.91 Å². The Morgan fingerprint density at radius 2 is 1.88 bits per heavy atom. The fourth-order valence-corrected chi connectivity index (χ4v) is 6.10. The molecule has 2 fully saturated rings. The fourth-order valence-electron chi connectivity index (χ4n) is 5.59. The summed E-state index contributed by atoms with van der Waals surface area (Å²) in [6.45, 7) is 1.81. The summed E-state index contributed by atoms with van der Waals surface area (Å²) in [5, 5.41) is 5.24. The van der Waals surface area contributed by atoms with Gasteiger partial charge >= 0.3 is 0 Å². The quantitative estimate of drug-likeness (QED) is 0.557. The number of amides is 4. The number of anilines is 1. The van der Waals surface area contributed by atoms with Crippen molar-refractivity contribution < 1.29 is 24.5 Å². The van der Waals surface area contributed by atoms with Crippen LogP contribution in [0.3, 0.4) is 0 Å². The molecule has 8 nitrogen and oxygen atoms in total.